The second kappa shape index (κ2) is 4.18. The zero-order chi connectivity index (χ0) is 12.7. The van der Waals surface area contributed by atoms with Gasteiger partial charge in [0.05, 0.1) is 5.69 Å². The van der Waals surface area contributed by atoms with E-state index in [1.54, 1.807) is 28.8 Å². The number of aryl methyl sites for hydroxylation is 2. The number of anilines is 2. The van der Waals surface area contributed by atoms with Crippen LogP contribution in [0.4, 0.5) is 11.8 Å². The SMILES string of the molecule is Cc1nc(Cl)cc(Nc2nc3scc(C)n3n2)n1. The third kappa shape index (κ3) is 2.02. The van der Waals surface area contributed by atoms with Gasteiger partial charge >= 0.3 is 0 Å². The van der Waals surface area contributed by atoms with Crippen molar-refractivity contribution in [2.24, 2.45) is 0 Å². The number of thiazole rings is 1. The Hall–Kier alpha value is -1.73. The lowest BCUT2D eigenvalue weighted by atomic mass is 10.5. The molecule has 0 aliphatic heterocycles. The molecule has 8 heteroatoms. The highest BCUT2D eigenvalue weighted by molar-refractivity contribution is 7.15. The van der Waals surface area contributed by atoms with Gasteiger partial charge in [0.15, 0.2) is 0 Å². The van der Waals surface area contributed by atoms with Crippen molar-refractivity contribution in [3.63, 3.8) is 0 Å². The minimum Gasteiger partial charge on any atom is -0.307 e. The molecule has 0 bridgehead atoms. The number of hydrogen-bond acceptors (Lipinski definition) is 6. The predicted molar refractivity (Wildman–Crippen MR) is 70.7 cm³/mol. The molecule has 0 aliphatic rings. The lowest BCUT2D eigenvalue weighted by Gasteiger charge is -2.01. The highest BCUT2D eigenvalue weighted by Crippen LogP contribution is 2.18. The average Bonchev–Trinajstić information content (AvgIpc) is 2.80. The molecule has 0 fully saturated rings. The highest BCUT2D eigenvalue weighted by atomic mass is 35.5. The number of nitrogens with zero attached hydrogens (tertiary/aromatic N) is 5. The molecule has 18 heavy (non-hydrogen) atoms. The first-order valence-corrected chi connectivity index (χ1v) is 6.46. The Kier molecular flexibility index (Phi) is 2.64. The van der Waals surface area contributed by atoms with E-state index in [2.05, 4.69) is 25.4 Å². The largest absolute Gasteiger partial charge is 0.307 e. The highest BCUT2D eigenvalue weighted by Gasteiger charge is 2.08. The van der Waals surface area contributed by atoms with Gasteiger partial charge < -0.3 is 5.32 Å². The first-order chi connectivity index (χ1) is 8.61. The van der Waals surface area contributed by atoms with E-state index in [1.807, 2.05) is 12.3 Å². The lowest BCUT2D eigenvalue weighted by Crippen LogP contribution is -1.99. The molecule has 3 aromatic rings. The van der Waals surface area contributed by atoms with Crippen molar-refractivity contribution in [3.8, 4) is 0 Å². The Morgan fingerprint density at radius 1 is 1.28 bits per heavy atom. The van der Waals surface area contributed by atoms with E-state index in [1.165, 1.54) is 0 Å². The smallest absolute Gasteiger partial charge is 0.249 e. The van der Waals surface area contributed by atoms with Gasteiger partial charge in [-0.15, -0.1) is 16.4 Å². The minimum absolute atomic E-state index is 0.391. The predicted octanol–water partition coefficient (Wildman–Crippen LogP) is 2.59. The summed E-state index contributed by atoms with van der Waals surface area (Å²) in [6.45, 7) is 3.76. The zero-order valence-electron chi connectivity index (χ0n) is 9.68. The summed E-state index contributed by atoms with van der Waals surface area (Å²) in [5.74, 6) is 1.68. The Morgan fingerprint density at radius 3 is 2.83 bits per heavy atom. The molecule has 0 saturated heterocycles. The second-order valence-corrected chi connectivity index (χ2v) is 4.98. The van der Waals surface area contributed by atoms with Crippen molar-refractivity contribution in [1.82, 2.24) is 24.6 Å². The van der Waals surface area contributed by atoms with Gasteiger partial charge in [-0.05, 0) is 13.8 Å². The first kappa shape index (κ1) is 11.4. The van der Waals surface area contributed by atoms with Crippen molar-refractivity contribution in [3.05, 3.63) is 28.1 Å². The summed E-state index contributed by atoms with van der Waals surface area (Å²) in [5, 5.41) is 9.74. The van der Waals surface area contributed by atoms with Gasteiger partial charge in [0.2, 0.25) is 10.9 Å². The Bertz CT molecular complexity index is 698. The maximum atomic E-state index is 5.86. The molecule has 3 aromatic heterocycles. The zero-order valence-corrected chi connectivity index (χ0v) is 11.2. The molecular weight excluding hydrogens is 272 g/mol. The van der Waals surface area contributed by atoms with E-state index in [4.69, 9.17) is 11.6 Å². The van der Waals surface area contributed by atoms with Crippen LogP contribution in [0.1, 0.15) is 11.5 Å². The maximum Gasteiger partial charge on any atom is 0.249 e. The van der Waals surface area contributed by atoms with Crippen LogP contribution in [0.2, 0.25) is 5.15 Å². The normalized spacial score (nSPS) is 11.1. The molecule has 0 amide bonds. The number of fused-ring (bicyclic) bond motifs is 1. The van der Waals surface area contributed by atoms with Crippen LogP contribution >= 0.6 is 22.9 Å². The van der Waals surface area contributed by atoms with Crippen molar-refractivity contribution < 1.29 is 0 Å². The summed E-state index contributed by atoms with van der Waals surface area (Å²) in [6.07, 6.45) is 0. The van der Waals surface area contributed by atoms with Crippen LogP contribution in [-0.4, -0.2) is 24.6 Å². The molecule has 6 nitrogen and oxygen atoms in total. The molecule has 3 rings (SSSR count). The van der Waals surface area contributed by atoms with E-state index < -0.39 is 0 Å². The maximum absolute atomic E-state index is 5.86. The van der Waals surface area contributed by atoms with E-state index in [0.29, 0.717) is 22.7 Å². The van der Waals surface area contributed by atoms with Crippen LogP contribution < -0.4 is 5.32 Å². The molecule has 0 unspecified atom stereocenters. The van der Waals surface area contributed by atoms with Crippen LogP contribution in [0.15, 0.2) is 11.4 Å². The van der Waals surface area contributed by atoms with Crippen LogP contribution in [0.3, 0.4) is 0 Å². The third-order valence-electron chi connectivity index (χ3n) is 2.29. The number of hydrogen-bond donors (Lipinski definition) is 1. The molecule has 0 aromatic carbocycles. The van der Waals surface area contributed by atoms with Gasteiger partial charge in [0.1, 0.15) is 16.8 Å². The third-order valence-corrected chi connectivity index (χ3v) is 3.42. The van der Waals surface area contributed by atoms with E-state index in [0.717, 1.165) is 10.7 Å². The molecule has 92 valence electrons. The van der Waals surface area contributed by atoms with E-state index >= 15 is 0 Å². The molecule has 0 atom stereocenters. The summed E-state index contributed by atoms with van der Waals surface area (Å²) in [6, 6.07) is 1.64. The van der Waals surface area contributed by atoms with Gasteiger partial charge in [0.25, 0.3) is 0 Å². The van der Waals surface area contributed by atoms with Crippen LogP contribution in [0, 0.1) is 13.8 Å². The van der Waals surface area contributed by atoms with E-state index in [9.17, 15) is 0 Å². The molecule has 1 N–H and O–H groups in total. The van der Waals surface area contributed by atoms with Gasteiger partial charge in [0, 0.05) is 11.4 Å². The van der Waals surface area contributed by atoms with Crippen LogP contribution in [0.25, 0.3) is 4.96 Å². The second-order valence-electron chi connectivity index (χ2n) is 3.75. The number of halogens is 1. The van der Waals surface area contributed by atoms with Gasteiger partial charge in [-0.3, -0.25) is 0 Å². The van der Waals surface area contributed by atoms with Crippen molar-refractivity contribution >= 4 is 39.7 Å². The van der Waals surface area contributed by atoms with Crippen LogP contribution in [0.5, 0.6) is 0 Å². The monoisotopic (exact) mass is 280 g/mol. The fourth-order valence-corrected chi connectivity index (χ4v) is 2.58. The molecule has 0 aliphatic carbocycles. The molecule has 0 radical (unpaired) electrons. The van der Waals surface area contributed by atoms with Crippen molar-refractivity contribution in [1.29, 1.82) is 0 Å². The minimum atomic E-state index is 0.391. The number of rotatable bonds is 2. The Morgan fingerprint density at radius 2 is 2.11 bits per heavy atom. The topological polar surface area (TPSA) is 68.0 Å². The van der Waals surface area contributed by atoms with Gasteiger partial charge in [-0.25, -0.2) is 14.5 Å². The van der Waals surface area contributed by atoms with Crippen LogP contribution in [-0.2, 0) is 0 Å². The number of aromatic nitrogens is 5. The summed E-state index contributed by atoms with van der Waals surface area (Å²) < 4.78 is 1.78. The lowest BCUT2D eigenvalue weighted by molar-refractivity contribution is 0.934. The Balaban J connectivity index is 1.95. The van der Waals surface area contributed by atoms with Gasteiger partial charge in [-0.1, -0.05) is 11.6 Å². The first-order valence-electron chi connectivity index (χ1n) is 5.21. The Labute approximate surface area is 112 Å². The number of nitrogens with one attached hydrogen (secondary N) is 1. The average molecular weight is 281 g/mol. The molecular formula is C10H9ClN6S. The summed E-state index contributed by atoms with van der Waals surface area (Å²) >= 11 is 7.41. The summed E-state index contributed by atoms with van der Waals surface area (Å²) in [5.41, 5.74) is 1.05. The van der Waals surface area contributed by atoms with Crippen molar-refractivity contribution in [2.45, 2.75) is 13.8 Å². The standard InChI is InChI=1S/C10H9ClN6S/c1-5-4-18-10-15-9(16-17(5)10)14-8-3-7(11)12-6(2)13-8/h3-4H,1-2H3,(H,12,13,14,16). The molecule has 0 saturated carbocycles. The fraction of sp³-hybridized carbons (Fsp3) is 0.200. The van der Waals surface area contributed by atoms with Crippen molar-refractivity contribution in [2.75, 3.05) is 5.32 Å². The summed E-state index contributed by atoms with van der Waals surface area (Å²) in [7, 11) is 0. The van der Waals surface area contributed by atoms with Gasteiger partial charge in [-0.2, -0.15) is 4.98 Å². The van der Waals surface area contributed by atoms with E-state index in [-0.39, 0.29) is 0 Å². The summed E-state index contributed by atoms with van der Waals surface area (Å²) in [4.78, 5) is 13.4. The quantitative estimate of drug-likeness (QED) is 0.731. The molecule has 0 spiro atoms. The molecule has 3 heterocycles. The fourth-order valence-electron chi connectivity index (χ4n) is 1.55.